The zero-order valence-corrected chi connectivity index (χ0v) is 4.89. The molecule has 1 saturated carbocycles. The second-order valence-electron chi connectivity index (χ2n) is 2.15. The lowest BCUT2D eigenvalue weighted by molar-refractivity contribution is -0.138. The van der Waals surface area contributed by atoms with Crippen LogP contribution in [0.2, 0.25) is 0 Å². The molecule has 1 aliphatic carbocycles. The van der Waals surface area contributed by atoms with E-state index in [1.165, 1.54) is 0 Å². The Hall–Kier alpha value is -0.900. The van der Waals surface area contributed by atoms with Gasteiger partial charge in [-0.25, -0.2) is 5.84 Å². The average molecular weight is 128 g/mol. The first-order valence-electron chi connectivity index (χ1n) is 2.76. The number of hydrogen-bond donors (Lipinski definition) is 2. The molecule has 3 N–H and O–H groups in total. The van der Waals surface area contributed by atoms with Crippen molar-refractivity contribution in [2.24, 2.45) is 11.8 Å². The summed E-state index contributed by atoms with van der Waals surface area (Å²) >= 11 is 0. The third-order valence-corrected chi connectivity index (χ3v) is 1.46. The summed E-state index contributed by atoms with van der Waals surface area (Å²) in [6.45, 7) is 0. The molecule has 0 unspecified atom stereocenters. The Morgan fingerprint density at radius 3 is 2.56 bits per heavy atom. The molecule has 50 valence electrons. The maximum atomic E-state index is 10.6. The van der Waals surface area contributed by atoms with Crippen LogP contribution in [0.25, 0.3) is 0 Å². The Morgan fingerprint density at radius 1 is 1.67 bits per heavy atom. The molecule has 9 heavy (non-hydrogen) atoms. The molecule has 0 heterocycles. The predicted octanol–water partition coefficient (Wildman–Crippen LogP) is -1.04. The van der Waals surface area contributed by atoms with Crippen LogP contribution in [0.4, 0.5) is 0 Å². The normalized spacial score (nSPS) is 19.0. The van der Waals surface area contributed by atoms with E-state index in [9.17, 15) is 9.59 Å². The minimum absolute atomic E-state index is 0.142. The minimum atomic E-state index is -0.227. The highest BCUT2D eigenvalue weighted by Crippen LogP contribution is 2.21. The summed E-state index contributed by atoms with van der Waals surface area (Å²) < 4.78 is 0. The summed E-state index contributed by atoms with van der Waals surface area (Å²) in [5.74, 6) is 4.58. The summed E-state index contributed by atoms with van der Waals surface area (Å²) in [7, 11) is 0. The smallest absolute Gasteiger partial charge is 0.237 e. The van der Waals surface area contributed by atoms with Crippen LogP contribution in [-0.2, 0) is 9.59 Å². The molecule has 0 atom stereocenters. The largest absolute Gasteiger partial charge is 0.300 e. The maximum Gasteiger partial charge on any atom is 0.237 e. The molecule has 1 fully saturated rings. The lowest BCUT2D eigenvalue weighted by atomic mass is 9.83. The third kappa shape index (κ3) is 1.08. The SMILES string of the molecule is NNC(=O)C1CC(=O)C1. The van der Waals surface area contributed by atoms with Crippen LogP contribution in [0, 0.1) is 5.92 Å². The van der Waals surface area contributed by atoms with Crippen LogP contribution in [0.1, 0.15) is 12.8 Å². The van der Waals surface area contributed by atoms with Crippen molar-refractivity contribution in [3.8, 4) is 0 Å². The molecule has 1 rings (SSSR count). The number of nitrogens with one attached hydrogen (secondary N) is 1. The van der Waals surface area contributed by atoms with E-state index in [2.05, 4.69) is 0 Å². The predicted molar refractivity (Wildman–Crippen MR) is 30.1 cm³/mol. The van der Waals surface area contributed by atoms with Gasteiger partial charge in [0.05, 0.1) is 5.92 Å². The van der Waals surface area contributed by atoms with Crippen molar-refractivity contribution in [3.05, 3.63) is 0 Å². The van der Waals surface area contributed by atoms with Gasteiger partial charge < -0.3 is 0 Å². The van der Waals surface area contributed by atoms with Crippen LogP contribution < -0.4 is 11.3 Å². The topological polar surface area (TPSA) is 72.2 Å². The van der Waals surface area contributed by atoms with Crippen LogP contribution in [0.15, 0.2) is 0 Å². The number of nitrogens with two attached hydrogens (primary N) is 1. The summed E-state index contributed by atoms with van der Waals surface area (Å²) in [4.78, 5) is 20.9. The van der Waals surface area contributed by atoms with Crippen molar-refractivity contribution in [1.29, 1.82) is 0 Å². The number of rotatable bonds is 1. The number of Topliss-reactive ketones (excluding diaryl/α,β-unsaturated/α-hetero) is 1. The van der Waals surface area contributed by atoms with E-state index in [1.54, 1.807) is 0 Å². The molecule has 0 aromatic heterocycles. The molecule has 4 heteroatoms. The summed E-state index contributed by atoms with van der Waals surface area (Å²) in [5.41, 5.74) is 2.00. The molecule has 0 aliphatic heterocycles. The molecule has 4 nitrogen and oxygen atoms in total. The highest BCUT2D eigenvalue weighted by molar-refractivity contribution is 5.95. The van der Waals surface area contributed by atoms with Crippen molar-refractivity contribution in [3.63, 3.8) is 0 Å². The van der Waals surface area contributed by atoms with Crippen molar-refractivity contribution in [2.45, 2.75) is 12.8 Å². The highest BCUT2D eigenvalue weighted by Gasteiger charge is 2.31. The Kier molecular flexibility index (Phi) is 1.48. The van der Waals surface area contributed by atoms with Crippen molar-refractivity contribution in [2.75, 3.05) is 0 Å². The average Bonchev–Trinajstić information content (AvgIpc) is 1.79. The van der Waals surface area contributed by atoms with E-state index < -0.39 is 0 Å². The fraction of sp³-hybridized carbons (Fsp3) is 0.600. The first-order valence-corrected chi connectivity index (χ1v) is 2.76. The maximum absolute atomic E-state index is 10.6. The van der Waals surface area contributed by atoms with Gasteiger partial charge in [-0.05, 0) is 0 Å². The Balaban J connectivity index is 2.31. The van der Waals surface area contributed by atoms with E-state index in [0.717, 1.165) is 0 Å². The third-order valence-electron chi connectivity index (χ3n) is 1.46. The van der Waals surface area contributed by atoms with Gasteiger partial charge in [0.1, 0.15) is 5.78 Å². The molecule has 0 bridgehead atoms. The van der Waals surface area contributed by atoms with Gasteiger partial charge in [0, 0.05) is 12.8 Å². The van der Waals surface area contributed by atoms with Crippen LogP contribution >= 0.6 is 0 Å². The number of ketones is 1. The second-order valence-corrected chi connectivity index (χ2v) is 2.15. The molecule has 1 amide bonds. The molecule has 0 aromatic rings. The van der Waals surface area contributed by atoms with Crippen LogP contribution in [-0.4, -0.2) is 11.7 Å². The van der Waals surface area contributed by atoms with E-state index >= 15 is 0 Å². The van der Waals surface area contributed by atoms with Crippen molar-refractivity contribution < 1.29 is 9.59 Å². The molecule has 0 spiro atoms. The van der Waals surface area contributed by atoms with Gasteiger partial charge >= 0.3 is 0 Å². The zero-order valence-electron chi connectivity index (χ0n) is 4.89. The number of carbonyl (C=O) groups excluding carboxylic acids is 2. The molecule has 0 saturated heterocycles. The second kappa shape index (κ2) is 2.14. The highest BCUT2D eigenvalue weighted by atomic mass is 16.2. The van der Waals surface area contributed by atoms with E-state index in [-0.39, 0.29) is 17.6 Å². The number of hydrazine groups is 1. The Bertz CT molecular complexity index is 147. The minimum Gasteiger partial charge on any atom is -0.300 e. The van der Waals surface area contributed by atoms with Gasteiger partial charge in [0.25, 0.3) is 0 Å². The standard InChI is InChI=1S/C5H8N2O2/c6-7-5(9)3-1-4(8)2-3/h3H,1-2,6H2,(H,7,9). The summed E-state index contributed by atoms with van der Waals surface area (Å²) in [5, 5.41) is 0. The molecule has 1 aliphatic rings. The van der Waals surface area contributed by atoms with Gasteiger partial charge in [-0.1, -0.05) is 0 Å². The van der Waals surface area contributed by atoms with Gasteiger partial charge in [-0.3, -0.25) is 15.0 Å². The first-order chi connectivity index (χ1) is 4.24. The van der Waals surface area contributed by atoms with Gasteiger partial charge in [0.15, 0.2) is 0 Å². The number of carbonyl (C=O) groups is 2. The lowest BCUT2D eigenvalue weighted by Gasteiger charge is -2.21. The van der Waals surface area contributed by atoms with Crippen molar-refractivity contribution in [1.82, 2.24) is 5.43 Å². The quantitative estimate of drug-likeness (QED) is 0.269. The fourth-order valence-corrected chi connectivity index (χ4v) is 0.793. The van der Waals surface area contributed by atoms with Crippen LogP contribution in [0.3, 0.4) is 0 Å². The number of hydrogen-bond acceptors (Lipinski definition) is 3. The Morgan fingerprint density at radius 2 is 2.22 bits per heavy atom. The Labute approximate surface area is 52.4 Å². The summed E-state index contributed by atoms with van der Waals surface area (Å²) in [6, 6.07) is 0. The fourth-order valence-electron chi connectivity index (χ4n) is 0.793. The lowest BCUT2D eigenvalue weighted by Crippen LogP contribution is -2.42. The molecule has 0 radical (unpaired) electrons. The zero-order chi connectivity index (χ0) is 6.85. The first kappa shape index (κ1) is 6.22. The van der Waals surface area contributed by atoms with E-state index in [1.807, 2.05) is 5.43 Å². The van der Waals surface area contributed by atoms with Crippen LogP contribution in [0.5, 0.6) is 0 Å². The molecular formula is C5H8N2O2. The monoisotopic (exact) mass is 128 g/mol. The van der Waals surface area contributed by atoms with Gasteiger partial charge in [-0.15, -0.1) is 0 Å². The number of amides is 1. The van der Waals surface area contributed by atoms with E-state index in [4.69, 9.17) is 5.84 Å². The molecular weight excluding hydrogens is 120 g/mol. The van der Waals surface area contributed by atoms with E-state index in [0.29, 0.717) is 12.8 Å². The van der Waals surface area contributed by atoms with Crippen molar-refractivity contribution >= 4 is 11.7 Å². The van der Waals surface area contributed by atoms with Gasteiger partial charge in [0.2, 0.25) is 5.91 Å². The van der Waals surface area contributed by atoms with Gasteiger partial charge in [-0.2, -0.15) is 0 Å². The summed E-state index contributed by atoms with van der Waals surface area (Å²) in [6.07, 6.45) is 0.728. The molecule has 0 aromatic carbocycles.